The molecule has 6 nitrogen and oxygen atoms in total. The van der Waals surface area contributed by atoms with Crippen molar-refractivity contribution in [3.63, 3.8) is 0 Å². The number of carbonyl (C=O) groups excluding carboxylic acids is 2. The molecule has 0 saturated carbocycles. The van der Waals surface area contributed by atoms with Crippen LogP contribution in [0.5, 0.6) is 0 Å². The molecule has 32 heavy (non-hydrogen) atoms. The number of para-hydroxylation sites is 2. The van der Waals surface area contributed by atoms with Crippen molar-refractivity contribution in [2.45, 2.75) is 45.7 Å². The van der Waals surface area contributed by atoms with E-state index in [1.54, 1.807) is 0 Å². The number of anilines is 2. The van der Waals surface area contributed by atoms with Crippen molar-refractivity contribution in [2.75, 3.05) is 23.9 Å². The summed E-state index contributed by atoms with van der Waals surface area (Å²) in [7, 11) is 3.69. The Bertz CT molecular complexity index is 1020. The summed E-state index contributed by atoms with van der Waals surface area (Å²) in [6.45, 7) is 4.57. The van der Waals surface area contributed by atoms with E-state index in [2.05, 4.69) is 6.07 Å². The molecule has 0 saturated heterocycles. The van der Waals surface area contributed by atoms with Gasteiger partial charge in [0.25, 0.3) is 0 Å². The minimum Gasteiger partial charge on any atom is -0.336 e. The fourth-order valence-corrected chi connectivity index (χ4v) is 4.04. The van der Waals surface area contributed by atoms with Gasteiger partial charge in [-0.15, -0.1) is 0 Å². The zero-order valence-electron chi connectivity index (χ0n) is 19.2. The number of benzene rings is 2. The summed E-state index contributed by atoms with van der Waals surface area (Å²) in [5, 5.41) is 9.79. The molecule has 0 radical (unpaired) electrons. The van der Waals surface area contributed by atoms with Gasteiger partial charge in [0.05, 0.1) is 11.4 Å². The number of amides is 1. The first-order valence-corrected chi connectivity index (χ1v) is 11.0. The van der Waals surface area contributed by atoms with E-state index < -0.39 is 0 Å². The predicted octanol–water partition coefficient (Wildman–Crippen LogP) is 4.48. The molecule has 2 aromatic rings. The smallest absolute Gasteiger partial charge is 0.223 e. The van der Waals surface area contributed by atoms with Crippen molar-refractivity contribution >= 4 is 23.1 Å². The molecule has 0 N–H and O–H groups in total. The number of fused-ring (bicyclic) bond motifs is 1. The van der Waals surface area contributed by atoms with Crippen LogP contribution in [0.2, 0.25) is 0 Å². The third-order valence-corrected chi connectivity index (χ3v) is 6.06. The zero-order chi connectivity index (χ0) is 23.3. The number of allylic oxidation sites excluding steroid dienone is 1. The molecule has 0 spiro atoms. The van der Waals surface area contributed by atoms with Gasteiger partial charge in [0.1, 0.15) is 17.5 Å². The SMILES string of the molecule is CCC(C)N(Cc1ccccc1)C(=O)CCC(=O)C(C#N)=C1N(C)c2ccccc2N1C. The number of nitriles is 1. The first-order chi connectivity index (χ1) is 15.4. The molecule has 6 heteroatoms. The van der Waals surface area contributed by atoms with Crippen molar-refractivity contribution in [3.8, 4) is 6.07 Å². The Hall–Kier alpha value is -3.59. The topological polar surface area (TPSA) is 67.6 Å². The van der Waals surface area contributed by atoms with Crippen LogP contribution in [0, 0.1) is 11.3 Å². The highest BCUT2D eigenvalue weighted by molar-refractivity contribution is 6.03. The monoisotopic (exact) mass is 430 g/mol. The second kappa shape index (κ2) is 10.1. The summed E-state index contributed by atoms with van der Waals surface area (Å²) in [5.74, 6) is 0.163. The normalized spacial score (nSPS) is 13.4. The Morgan fingerprint density at radius 3 is 2.06 bits per heavy atom. The van der Waals surface area contributed by atoms with E-state index in [-0.39, 0.29) is 36.1 Å². The van der Waals surface area contributed by atoms with Crippen molar-refractivity contribution < 1.29 is 9.59 Å². The third-order valence-electron chi connectivity index (χ3n) is 6.06. The Morgan fingerprint density at radius 2 is 1.53 bits per heavy atom. The molecule has 1 aliphatic rings. The largest absolute Gasteiger partial charge is 0.336 e. The highest BCUT2D eigenvalue weighted by Gasteiger charge is 2.31. The second-order valence-corrected chi connectivity index (χ2v) is 8.10. The molecular formula is C26H30N4O2. The van der Waals surface area contributed by atoms with Crippen molar-refractivity contribution in [3.05, 3.63) is 71.6 Å². The van der Waals surface area contributed by atoms with E-state index in [9.17, 15) is 14.9 Å². The Morgan fingerprint density at radius 1 is 0.969 bits per heavy atom. The van der Waals surface area contributed by atoms with Gasteiger partial charge in [-0.3, -0.25) is 9.59 Å². The lowest BCUT2D eigenvalue weighted by atomic mass is 10.1. The number of hydrogen-bond acceptors (Lipinski definition) is 5. The number of rotatable bonds is 8. The van der Waals surface area contributed by atoms with Gasteiger partial charge in [0, 0.05) is 39.5 Å². The number of Topliss-reactive ketones (excluding diaryl/α,β-unsaturated/α-hetero) is 1. The summed E-state index contributed by atoms with van der Waals surface area (Å²) >= 11 is 0. The van der Waals surface area contributed by atoms with E-state index >= 15 is 0 Å². The maximum atomic E-state index is 13.0. The van der Waals surface area contributed by atoms with Crippen molar-refractivity contribution in [1.82, 2.24) is 4.90 Å². The van der Waals surface area contributed by atoms with Crippen LogP contribution in [-0.2, 0) is 16.1 Å². The maximum absolute atomic E-state index is 13.0. The first kappa shape index (κ1) is 23.1. The molecule has 3 rings (SSSR count). The predicted molar refractivity (Wildman–Crippen MR) is 127 cm³/mol. The van der Waals surface area contributed by atoms with Crippen LogP contribution in [0.15, 0.2) is 66.0 Å². The van der Waals surface area contributed by atoms with Gasteiger partial charge in [0.2, 0.25) is 5.91 Å². The standard InChI is InChI=1S/C26H30N4O2/c1-5-19(2)30(18-20-11-7-6-8-12-20)25(32)16-15-24(31)21(17-27)26-28(3)22-13-9-10-14-23(22)29(26)4/h6-14,19H,5,15-16,18H2,1-4H3. The van der Waals surface area contributed by atoms with E-state index in [1.807, 2.05) is 97.2 Å². The summed E-state index contributed by atoms with van der Waals surface area (Å²) in [5.41, 5.74) is 3.01. The van der Waals surface area contributed by atoms with Gasteiger partial charge < -0.3 is 14.7 Å². The van der Waals surface area contributed by atoms with E-state index in [4.69, 9.17) is 0 Å². The molecule has 1 atom stereocenters. The number of ketones is 1. The molecule has 0 bridgehead atoms. The number of hydrogen-bond donors (Lipinski definition) is 0. The van der Waals surface area contributed by atoms with Crippen LogP contribution in [0.25, 0.3) is 0 Å². The van der Waals surface area contributed by atoms with Crippen LogP contribution in [-0.4, -0.2) is 36.7 Å². The lowest BCUT2D eigenvalue weighted by Gasteiger charge is -2.29. The third kappa shape index (κ3) is 4.67. The molecular weight excluding hydrogens is 400 g/mol. The highest BCUT2D eigenvalue weighted by Crippen LogP contribution is 2.40. The average Bonchev–Trinajstić information content (AvgIpc) is 3.07. The van der Waals surface area contributed by atoms with Crippen molar-refractivity contribution in [1.29, 1.82) is 5.26 Å². The average molecular weight is 431 g/mol. The molecule has 1 unspecified atom stereocenters. The fraction of sp³-hybridized carbons (Fsp3) is 0.346. The lowest BCUT2D eigenvalue weighted by molar-refractivity contribution is -0.135. The maximum Gasteiger partial charge on any atom is 0.223 e. The minimum absolute atomic E-state index is 0.00494. The van der Waals surface area contributed by atoms with Gasteiger partial charge in [-0.2, -0.15) is 5.26 Å². The van der Waals surface area contributed by atoms with Gasteiger partial charge in [0.15, 0.2) is 5.78 Å². The molecule has 1 amide bonds. The Balaban J connectivity index is 1.75. The molecule has 1 aliphatic heterocycles. The molecule has 166 valence electrons. The Kier molecular flexibility index (Phi) is 7.32. The van der Waals surface area contributed by atoms with Gasteiger partial charge >= 0.3 is 0 Å². The molecule has 2 aromatic carbocycles. The molecule has 0 fully saturated rings. The minimum atomic E-state index is -0.314. The van der Waals surface area contributed by atoms with E-state index in [1.165, 1.54) is 0 Å². The molecule has 0 aromatic heterocycles. The summed E-state index contributed by atoms with van der Waals surface area (Å²) < 4.78 is 0. The number of nitrogens with zero attached hydrogens (tertiary/aromatic N) is 4. The zero-order valence-corrected chi connectivity index (χ0v) is 19.2. The first-order valence-electron chi connectivity index (χ1n) is 11.0. The number of carbonyl (C=O) groups is 2. The van der Waals surface area contributed by atoms with Crippen LogP contribution in [0.1, 0.15) is 38.7 Å². The van der Waals surface area contributed by atoms with Crippen molar-refractivity contribution in [2.24, 2.45) is 0 Å². The van der Waals surface area contributed by atoms with E-state index in [0.29, 0.717) is 12.4 Å². The van der Waals surface area contributed by atoms with Crippen LogP contribution in [0.4, 0.5) is 11.4 Å². The Labute approximate surface area is 190 Å². The van der Waals surface area contributed by atoms with Crippen LogP contribution in [0.3, 0.4) is 0 Å². The van der Waals surface area contributed by atoms with Gasteiger partial charge in [-0.05, 0) is 31.0 Å². The lowest BCUT2D eigenvalue weighted by Crippen LogP contribution is -2.38. The quantitative estimate of drug-likeness (QED) is 0.456. The summed E-state index contributed by atoms with van der Waals surface area (Å²) in [6.07, 6.45) is 0.910. The molecule has 1 heterocycles. The van der Waals surface area contributed by atoms with E-state index in [0.717, 1.165) is 23.4 Å². The molecule has 0 aliphatic carbocycles. The van der Waals surface area contributed by atoms with Gasteiger partial charge in [-0.25, -0.2) is 0 Å². The fourth-order valence-electron chi connectivity index (χ4n) is 4.04. The van der Waals surface area contributed by atoms with Crippen LogP contribution >= 0.6 is 0 Å². The highest BCUT2D eigenvalue weighted by atomic mass is 16.2. The summed E-state index contributed by atoms with van der Waals surface area (Å²) in [6, 6.07) is 19.8. The van der Waals surface area contributed by atoms with Crippen LogP contribution < -0.4 is 9.80 Å². The second-order valence-electron chi connectivity index (χ2n) is 8.10. The summed E-state index contributed by atoms with van der Waals surface area (Å²) in [4.78, 5) is 31.6. The van der Waals surface area contributed by atoms with Gasteiger partial charge in [-0.1, -0.05) is 49.4 Å².